The average Bonchev–Trinajstić information content (AvgIpc) is 2.53. The Morgan fingerprint density at radius 3 is 2.86 bits per heavy atom. The van der Waals surface area contributed by atoms with E-state index in [1.807, 2.05) is 0 Å². The lowest BCUT2D eigenvalue weighted by Crippen LogP contribution is -2.24. The lowest BCUT2D eigenvalue weighted by Gasteiger charge is -2.22. The summed E-state index contributed by atoms with van der Waals surface area (Å²) in [5.74, 6) is 1.06. The molecule has 22 heavy (non-hydrogen) atoms. The van der Waals surface area contributed by atoms with Crippen LogP contribution in [0.15, 0.2) is 18.2 Å². The molecule has 0 radical (unpaired) electrons. The number of carbonyl (C=O) groups is 1. The van der Waals surface area contributed by atoms with Crippen LogP contribution < -0.4 is 14.8 Å². The van der Waals surface area contributed by atoms with E-state index < -0.39 is 0 Å². The van der Waals surface area contributed by atoms with Crippen molar-refractivity contribution in [1.29, 1.82) is 0 Å². The molecule has 1 aliphatic heterocycles. The molecule has 1 aromatic carbocycles. The highest BCUT2D eigenvalue weighted by atomic mass is 16.7. The number of amides is 1. The zero-order valence-electron chi connectivity index (χ0n) is 13.1. The minimum atomic E-state index is -0.128. The van der Waals surface area contributed by atoms with Gasteiger partial charge in [0.25, 0.3) is 0 Å². The fourth-order valence-corrected chi connectivity index (χ4v) is 2.24. The van der Waals surface area contributed by atoms with Gasteiger partial charge in [-0.15, -0.1) is 0 Å². The highest BCUT2D eigenvalue weighted by molar-refractivity contribution is 5.89. The fraction of sp³-hybridized carbons (Fsp3) is 0.562. The Labute approximate surface area is 130 Å². The lowest BCUT2D eigenvalue weighted by molar-refractivity contribution is -0.165. The summed E-state index contributed by atoms with van der Waals surface area (Å²) in [6.07, 6.45) is 3.08. The molecule has 0 aromatic heterocycles. The zero-order chi connectivity index (χ0) is 15.8. The summed E-state index contributed by atoms with van der Waals surface area (Å²) < 4.78 is 22.0. The first-order valence-corrected chi connectivity index (χ1v) is 7.50. The van der Waals surface area contributed by atoms with E-state index in [1.54, 1.807) is 25.3 Å². The molecular formula is C16H23NO5. The molecule has 0 spiro atoms. The van der Waals surface area contributed by atoms with Crippen molar-refractivity contribution in [3.8, 4) is 11.5 Å². The third kappa shape index (κ3) is 5.20. The van der Waals surface area contributed by atoms with E-state index in [9.17, 15) is 4.79 Å². The molecule has 6 heteroatoms. The SMILES string of the molecule is COc1cc(NC(C)=O)ccc1OCCOC1CCCCO1. The second-order valence-electron chi connectivity index (χ2n) is 5.06. The maximum atomic E-state index is 11.0. The van der Waals surface area contributed by atoms with Crippen LogP contribution in [0.1, 0.15) is 26.2 Å². The van der Waals surface area contributed by atoms with Crippen LogP contribution in [-0.4, -0.2) is 39.1 Å². The van der Waals surface area contributed by atoms with Crippen LogP contribution in [0.5, 0.6) is 11.5 Å². The van der Waals surface area contributed by atoms with Crippen molar-refractivity contribution in [2.45, 2.75) is 32.5 Å². The minimum absolute atomic E-state index is 0.110. The molecule has 0 saturated carbocycles. The molecule has 0 bridgehead atoms. The van der Waals surface area contributed by atoms with Gasteiger partial charge in [-0.05, 0) is 31.4 Å². The van der Waals surface area contributed by atoms with E-state index in [0.29, 0.717) is 30.4 Å². The van der Waals surface area contributed by atoms with Crippen molar-refractivity contribution in [1.82, 2.24) is 0 Å². The van der Waals surface area contributed by atoms with Crippen molar-refractivity contribution in [3.63, 3.8) is 0 Å². The molecule has 6 nitrogen and oxygen atoms in total. The smallest absolute Gasteiger partial charge is 0.221 e. The fourth-order valence-electron chi connectivity index (χ4n) is 2.24. The normalized spacial score (nSPS) is 17.8. The molecule has 1 atom stereocenters. The summed E-state index contributed by atoms with van der Waals surface area (Å²) in [4.78, 5) is 11.0. The first kappa shape index (κ1) is 16.6. The van der Waals surface area contributed by atoms with Gasteiger partial charge in [-0.2, -0.15) is 0 Å². The van der Waals surface area contributed by atoms with Crippen LogP contribution in [0.25, 0.3) is 0 Å². The third-order valence-electron chi connectivity index (χ3n) is 3.27. The largest absolute Gasteiger partial charge is 0.493 e. The maximum absolute atomic E-state index is 11.0. The van der Waals surface area contributed by atoms with E-state index in [-0.39, 0.29) is 12.2 Å². The van der Waals surface area contributed by atoms with Crippen LogP contribution in [0.3, 0.4) is 0 Å². The van der Waals surface area contributed by atoms with Crippen LogP contribution in [0, 0.1) is 0 Å². The molecule has 1 amide bonds. The Bertz CT molecular complexity index is 485. The molecule has 1 unspecified atom stereocenters. The molecule has 1 heterocycles. The number of hydrogen-bond donors (Lipinski definition) is 1. The summed E-state index contributed by atoms with van der Waals surface area (Å²) in [6.45, 7) is 3.10. The molecule has 1 aromatic rings. The second kappa shape index (κ2) is 8.60. The molecule has 122 valence electrons. The van der Waals surface area contributed by atoms with Crippen molar-refractivity contribution in [2.75, 3.05) is 32.2 Å². The van der Waals surface area contributed by atoms with Crippen LogP contribution in [0.2, 0.25) is 0 Å². The number of hydrogen-bond acceptors (Lipinski definition) is 5. The van der Waals surface area contributed by atoms with Crippen LogP contribution >= 0.6 is 0 Å². The van der Waals surface area contributed by atoms with Gasteiger partial charge in [0.15, 0.2) is 17.8 Å². The van der Waals surface area contributed by atoms with Crippen LogP contribution in [0.4, 0.5) is 5.69 Å². The van der Waals surface area contributed by atoms with Crippen molar-refractivity contribution < 1.29 is 23.7 Å². The number of nitrogens with one attached hydrogen (secondary N) is 1. The monoisotopic (exact) mass is 309 g/mol. The molecule has 2 rings (SSSR count). The Morgan fingerprint density at radius 1 is 1.32 bits per heavy atom. The highest BCUT2D eigenvalue weighted by Gasteiger charge is 2.14. The summed E-state index contributed by atoms with van der Waals surface area (Å²) in [6, 6.07) is 5.26. The van der Waals surface area contributed by atoms with Gasteiger partial charge >= 0.3 is 0 Å². The molecule has 1 N–H and O–H groups in total. The molecule has 0 aliphatic carbocycles. The molecule has 1 aliphatic rings. The molecule has 1 fully saturated rings. The van der Waals surface area contributed by atoms with Crippen LogP contribution in [-0.2, 0) is 14.3 Å². The summed E-state index contributed by atoms with van der Waals surface area (Å²) in [5.41, 5.74) is 0.670. The second-order valence-corrected chi connectivity index (χ2v) is 5.06. The predicted molar refractivity (Wildman–Crippen MR) is 82.3 cm³/mol. The van der Waals surface area contributed by atoms with Crippen molar-refractivity contribution in [2.24, 2.45) is 0 Å². The van der Waals surface area contributed by atoms with E-state index in [4.69, 9.17) is 18.9 Å². The summed E-state index contributed by atoms with van der Waals surface area (Å²) in [5, 5.41) is 2.70. The quantitative estimate of drug-likeness (QED) is 0.784. The van der Waals surface area contributed by atoms with Crippen molar-refractivity contribution >= 4 is 11.6 Å². The standard InChI is InChI=1S/C16H23NO5/c1-12(18)17-13-6-7-14(15(11-13)19-2)20-9-10-22-16-5-3-4-8-21-16/h6-7,11,16H,3-5,8-10H2,1-2H3,(H,17,18). The van der Waals surface area contributed by atoms with E-state index >= 15 is 0 Å². The van der Waals surface area contributed by atoms with E-state index in [2.05, 4.69) is 5.32 Å². The molecular weight excluding hydrogens is 286 g/mol. The number of methoxy groups -OCH3 is 1. The van der Waals surface area contributed by atoms with Gasteiger partial charge in [0.05, 0.1) is 13.7 Å². The van der Waals surface area contributed by atoms with Gasteiger partial charge in [-0.3, -0.25) is 4.79 Å². The van der Waals surface area contributed by atoms with Gasteiger partial charge in [-0.25, -0.2) is 0 Å². The third-order valence-corrected chi connectivity index (χ3v) is 3.27. The van der Waals surface area contributed by atoms with Gasteiger partial charge in [-0.1, -0.05) is 0 Å². The van der Waals surface area contributed by atoms with E-state index in [1.165, 1.54) is 6.92 Å². The number of benzene rings is 1. The summed E-state index contributed by atoms with van der Waals surface area (Å²) in [7, 11) is 1.56. The number of anilines is 1. The first-order valence-electron chi connectivity index (χ1n) is 7.50. The number of rotatable bonds is 7. The zero-order valence-corrected chi connectivity index (χ0v) is 13.1. The van der Waals surface area contributed by atoms with Gasteiger partial charge in [0.1, 0.15) is 6.61 Å². The van der Waals surface area contributed by atoms with E-state index in [0.717, 1.165) is 25.9 Å². The summed E-state index contributed by atoms with van der Waals surface area (Å²) >= 11 is 0. The highest BCUT2D eigenvalue weighted by Crippen LogP contribution is 2.30. The average molecular weight is 309 g/mol. The Kier molecular flexibility index (Phi) is 6.48. The molecule has 1 saturated heterocycles. The Balaban J connectivity index is 1.79. The lowest BCUT2D eigenvalue weighted by atomic mass is 10.2. The topological polar surface area (TPSA) is 66.0 Å². The Morgan fingerprint density at radius 2 is 2.18 bits per heavy atom. The predicted octanol–water partition coefficient (Wildman–Crippen LogP) is 2.58. The maximum Gasteiger partial charge on any atom is 0.221 e. The van der Waals surface area contributed by atoms with Gasteiger partial charge in [0, 0.05) is 25.3 Å². The van der Waals surface area contributed by atoms with Crippen molar-refractivity contribution in [3.05, 3.63) is 18.2 Å². The minimum Gasteiger partial charge on any atom is -0.493 e. The first-order chi connectivity index (χ1) is 10.7. The number of carbonyl (C=O) groups excluding carboxylic acids is 1. The Hall–Kier alpha value is -1.79. The van der Waals surface area contributed by atoms with Gasteiger partial charge in [0.2, 0.25) is 5.91 Å². The van der Waals surface area contributed by atoms with Gasteiger partial charge < -0.3 is 24.3 Å². The number of ether oxygens (including phenoxy) is 4.